The molecular formula is C25H13N3O2S. The van der Waals surface area contributed by atoms with Gasteiger partial charge in [0.1, 0.15) is 15.9 Å². The molecule has 0 aliphatic carbocycles. The van der Waals surface area contributed by atoms with Crippen LogP contribution in [0.3, 0.4) is 0 Å². The Morgan fingerprint density at radius 3 is 2.32 bits per heavy atom. The van der Waals surface area contributed by atoms with Crippen molar-refractivity contribution in [3.8, 4) is 22.2 Å². The average molecular weight is 419 g/mol. The summed E-state index contributed by atoms with van der Waals surface area (Å²) in [4.78, 5) is 16.2. The van der Waals surface area contributed by atoms with E-state index in [1.807, 2.05) is 54.6 Å². The van der Waals surface area contributed by atoms with E-state index in [1.165, 1.54) is 0 Å². The topological polar surface area (TPSA) is 65.0 Å². The molecule has 31 heavy (non-hydrogen) atoms. The fraction of sp³-hybridized carbons (Fsp3) is 0. The molecule has 0 aliphatic rings. The smallest absolute Gasteiger partial charge is 0.284 e. The number of fused-ring (bicyclic) bond motifs is 4. The lowest BCUT2D eigenvalue weighted by Gasteiger charge is -1.96. The first-order chi connectivity index (χ1) is 15.3. The summed E-state index contributed by atoms with van der Waals surface area (Å²) in [6.07, 6.45) is 0. The van der Waals surface area contributed by atoms with Gasteiger partial charge < -0.3 is 8.83 Å². The molecule has 0 radical (unpaired) electrons. The molecule has 7 aromatic rings. The quantitative estimate of drug-likeness (QED) is 0.300. The van der Waals surface area contributed by atoms with Crippen LogP contribution in [0.5, 0.6) is 0 Å². The molecule has 4 heterocycles. The molecule has 146 valence electrons. The first-order valence-electron chi connectivity index (χ1n) is 9.87. The molecule has 0 unspecified atom stereocenters. The molecule has 0 atom stereocenters. The van der Waals surface area contributed by atoms with E-state index in [2.05, 4.69) is 29.2 Å². The van der Waals surface area contributed by atoms with Crippen molar-refractivity contribution >= 4 is 54.7 Å². The Balaban J connectivity index is 1.41. The molecular weight excluding hydrogens is 406 g/mol. The van der Waals surface area contributed by atoms with Gasteiger partial charge in [0.25, 0.3) is 11.8 Å². The first kappa shape index (κ1) is 16.7. The Labute approximate surface area is 179 Å². The Bertz CT molecular complexity index is 1670. The molecule has 0 fully saturated rings. The van der Waals surface area contributed by atoms with Crippen molar-refractivity contribution in [3.63, 3.8) is 0 Å². The van der Waals surface area contributed by atoms with Crippen LogP contribution >= 0.6 is 11.3 Å². The van der Waals surface area contributed by atoms with Gasteiger partial charge in [0.2, 0.25) is 0 Å². The van der Waals surface area contributed by atoms with Crippen LogP contribution in [0.15, 0.2) is 87.7 Å². The van der Waals surface area contributed by atoms with E-state index < -0.39 is 0 Å². The second-order valence-corrected chi connectivity index (χ2v) is 8.37. The van der Waals surface area contributed by atoms with Gasteiger partial charge in [-0.05, 0) is 36.4 Å². The number of para-hydroxylation sites is 4. The maximum Gasteiger partial charge on any atom is 0.284 e. The molecule has 0 aliphatic heterocycles. The van der Waals surface area contributed by atoms with Gasteiger partial charge in [-0.2, -0.15) is 0 Å². The molecule has 7 rings (SSSR count). The molecule has 4 aromatic heterocycles. The fourth-order valence-corrected chi connectivity index (χ4v) is 4.96. The van der Waals surface area contributed by atoms with Gasteiger partial charge >= 0.3 is 0 Å². The van der Waals surface area contributed by atoms with Crippen LogP contribution in [0, 0.1) is 0 Å². The number of rotatable bonds is 2. The predicted molar refractivity (Wildman–Crippen MR) is 123 cm³/mol. The average Bonchev–Trinajstić information content (AvgIpc) is 3.52. The van der Waals surface area contributed by atoms with Gasteiger partial charge in [-0.15, -0.1) is 11.3 Å². The van der Waals surface area contributed by atoms with E-state index in [0.29, 0.717) is 22.9 Å². The van der Waals surface area contributed by atoms with Crippen LogP contribution in [0.25, 0.3) is 65.5 Å². The molecule has 0 spiro atoms. The minimum absolute atomic E-state index is 0.378. The molecule has 0 bridgehead atoms. The standard InChI is InChI=1S/C25H13N3O2S/c1-2-8-17-14(6-1)12-15-13-21(31-25(15)27-17)16-7-5-11-20-22(16)28-24(30-20)23-26-18-9-3-4-10-19(18)29-23/h1-13H. The molecule has 3 aromatic carbocycles. The summed E-state index contributed by atoms with van der Waals surface area (Å²) in [6, 6.07) is 26.1. The van der Waals surface area contributed by atoms with E-state index in [9.17, 15) is 0 Å². The third-order valence-electron chi connectivity index (χ3n) is 5.37. The lowest BCUT2D eigenvalue weighted by atomic mass is 10.1. The minimum Gasteiger partial charge on any atom is -0.432 e. The fourth-order valence-electron chi connectivity index (χ4n) is 3.91. The normalized spacial score (nSPS) is 11.9. The number of oxazole rings is 2. The van der Waals surface area contributed by atoms with E-state index in [0.717, 1.165) is 42.6 Å². The number of thiophene rings is 1. The Hall–Kier alpha value is -4.03. The van der Waals surface area contributed by atoms with Crippen molar-refractivity contribution in [3.05, 3.63) is 78.9 Å². The molecule has 6 heteroatoms. The Kier molecular flexibility index (Phi) is 3.36. The largest absolute Gasteiger partial charge is 0.432 e. The van der Waals surface area contributed by atoms with Crippen molar-refractivity contribution in [2.24, 2.45) is 0 Å². The molecule has 0 N–H and O–H groups in total. The molecule has 0 amide bonds. The summed E-state index contributed by atoms with van der Waals surface area (Å²) in [5.41, 5.74) is 4.99. The summed E-state index contributed by atoms with van der Waals surface area (Å²) in [5, 5.41) is 2.26. The first-order valence-corrected chi connectivity index (χ1v) is 10.7. The molecule has 0 saturated carbocycles. The maximum atomic E-state index is 6.00. The summed E-state index contributed by atoms with van der Waals surface area (Å²) < 4.78 is 11.9. The van der Waals surface area contributed by atoms with Crippen LogP contribution in [0.2, 0.25) is 0 Å². The molecule has 0 saturated heterocycles. The number of pyridine rings is 1. The second kappa shape index (κ2) is 6.23. The van der Waals surface area contributed by atoms with Gasteiger partial charge in [-0.3, -0.25) is 0 Å². The summed E-state index contributed by atoms with van der Waals surface area (Å²) in [5.74, 6) is 0.760. The highest BCUT2D eigenvalue weighted by Crippen LogP contribution is 2.38. The van der Waals surface area contributed by atoms with E-state index in [-0.39, 0.29) is 0 Å². The highest BCUT2D eigenvalue weighted by atomic mass is 32.1. The summed E-state index contributed by atoms with van der Waals surface area (Å²) in [7, 11) is 0. The van der Waals surface area contributed by atoms with Crippen LogP contribution in [0.4, 0.5) is 0 Å². The van der Waals surface area contributed by atoms with Gasteiger partial charge in [0.15, 0.2) is 11.2 Å². The summed E-state index contributed by atoms with van der Waals surface area (Å²) in [6.45, 7) is 0. The number of aromatic nitrogens is 3. The van der Waals surface area contributed by atoms with E-state index >= 15 is 0 Å². The van der Waals surface area contributed by atoms with Gasteiger partial charge in [0, 0.05) is 21.2 Å². The highest BCUT2D eigenvalue weighted by Gasteiger charge is 2.18. The predicted octanol–water partition coefficient (Wildman–Crippen LogP) is 7.07. The number of hydrogen-bond acceptors (Lipinski definition) is 6. The van der Waals surface area contributed by atoms with Gasteiger partial charge in [0.05, 0.1) is 5.52 Å². The van der Waals surface area contributed by atoms with Crippen molar-refractivity contribution in [1.29, 1.82) is 0 Å². The van der Waals surface area contributed by atoms with Gasteiger partial charge in [-0.1, -0.05) is 42.5 Å². The SMILES string of the molecule is c1ccc2nc3sc(-c4cccc5oc(-c6nc7ccccc7o6)nc45)cc3cc2c1. The Morgan fingerprint density at radius 2 is 1.39 bits per heavy atom. The van der Waals surface area contributed by atoms with Crippen LogP contribution in [-0.2, 0) is 0 Å². The summed E-state index contributed by atoms with van der Waals surface area (Å²) >= 11 is 1.66. The third kappa shape index (κ3) is 2.59. The number of benzene rings is 3. The zero-order chi connectivity index (χ0) is 20.4. The van der Waals surface area contributed by atoms with E-state index in [1.54, 1.807) is 11.3 Å². The van der Waals surface area contributed by atoms with Crippen molar-refractivity contribution in [2.45, 2.75) is 0 Å². The lowest BCUT2D eigenvalue weighted by Crippen LogP contribution is -1.78. The third-order valence-corrected chi connectivity index (χ3v) is 6.45. The van der Waals surface area contributed by atoms with Gasteiger partial charge in [-0.25, -0.2) is 15.0 Å². The monoisotopic (exact) mass is 419 g/mol. The minimum atomic E-state index is 0.378. The van der Waals surface area contributed by atoms with Crippen molar-refractivity contribution < 1.29 is 8.83 Å². The highest BCUT2D eigenvalue weighted by molar-refractivity contribution is 7.22. The zero-order valence-electron chi connectivity index (χ0n) is 16.1. The Morgan fingerprint density at radius 1 is 0.613 bits per heavy atom. The maximum absolute atomic E-state index is 6.00. The van der Waals surface area contributed by atoms with Crippen LogP contribution < -0.4 is 0 Å². The van der Waals surface area contributed by atoms with Crippen molar-refractivity contribution in [1.82, 2.24) is 15.0 Å². The number of nitrogens with zero attached hydrogens (tertiary/aromatic N) is 3. The van der Waals surface area contributed by atoms with Crippen molar-refractivity contribution in [2.75, 3.05) is 0 Å². The number of hydrogen-bond donors (Lipinski definition) is 0. The zero-order valence-corrected chi connectivity index (χ0v) is 16.9. The second-order valence-electron chi connectivity index (χ2n) is 7.34. The molecule has 5 nitrogen and oxygen atoms in total. The van der Waals surface area contributed by atoms with E-state index in [4.69, 9.17) is 18.8 Å². The lowest BCUT2D eigenvalue weighted by molar-refractivity contribution is 0.550. The van der Waals surface area contributed by atoms with Crippen LogP contribution in [0.1, 0.15) is 0 Å². The van der Waals surface area contributed by atoms with Crippen LogP contribution in [-0.4, -0.2) is 15.0 Å².